The molecule has 0 aliphatic carbocycles. The second-order valence-electron chi connectivity index (χ2n) is 3.19. The molecule has 4 N–H and O–H groups in total. The quantitative estimate of drug-likeness (QED) is 0.619. The van der Waals surface area contributed by atoms with Crippen LogP contribution in [0.1, 0.15) is 15.9 Å². The third kappa shape index (κ3) is 3.25. The third-order valence-electron chi connectivity index (χ3n) is 1.83. The first-order chi connectivity index (χ1) is 7.50. The van der Waals surface area contributed by atoms with E-state index in [0.29, 0.717) is 11.1 Å². The zero-order valence-corrected chi connectivity index (χ0v) is 8.69. The minimum atomic E-state index is -0.678. The Kier molecular flexibility index (Phi) is 3.84. The van der Waals surface area contributed by atoms with Gasteiger partial charge in [-0.15, -0.1) is 0 Å². The van der Waals surface area contributed by atoms with Gasteiger partial charge < -0.3 is 10.8 Å². The van der Waals surface area contributed by atoms with Crippen LogP contribution in [0.15, 0.2) is 18.2 Å². The van der Waals surface area contributed by atoms with Crippen LogP contribution < -0.4 is 11.2 Å². The van der Waals surface area contributed by atoms with Crippen molar-refractivity contribution in [3.05, 3.63) is 29.3 Å². The van der Waals surface area contributed by atoms with Crippen molar-refractivity contribution in [3.63, 3.8) is 0 Å². The zero-order valence-electron chi connectivity index (χ0n) is 8.69. The average Bonchev–Trinajstić information content (AvgIpc) is 2.16. The molecule has 86 valence electrons. The number of primary amides is 1. The number of phenols is 1. The Bertz CT molecular complexity index is 417. The molecule has 6 heteroatoms. The van der Waals surface area contributed by atoms with Crippen molar-refractivity contribution in [2.24, 2.45) is 5.73 Å². The van der Waals surface area contributed by atoms with Crippen molar-refractivity contribution < 1.29 is 19.5 Å². The SMILES string of the molecule is Cc1cc(O)ccc1C(=O)NOCC(N)=O. The van der Waals surface area contributed by atoms with Gasteiger partial charge >= 0.3 is 0 Å². The average molecular weight is 224 g/mol. The molecule has 0 heterocycles. The summed E-state index contributed by atoms with van der Waals surface area (Å²) in [5.74, 6) is -1.10. The number of rotatable bonds is 4. The molecule has 1 aromatic carbocycles. The van der Waals surface area contributed by atoms with Gasteiger partial charge in [0.15, 0.2) is 6.61 Å². The van der Waals surface area contributed by atoms with Gasteiger partial charge in [-0.3, -0.25) is 14.4 Å². The van der Waals surface area contributed by atoms with Gasteiger partial charge in [0.25, 0.3) is 5.91 Å². The number of aryl methyl sites for hydroxylation is 1. The van der Waals surface area contributed by atoms with Crippen LogP contribution in [-0.4, -0.2) is 23.5 Å². The van der Waals surface area contributed by atoms with Crippen molar-refractivity contribution in [2.75, 3.05) is 6.61 Å². The van der Waals surface area contributed by atoms with Crippen molar-refractivity contribution in [1.82, 2.24) is 5.48 Å². The molecule has 0 aromatic heterocycles. The topological polar surface area (TPSA) is 102 Å². The van der Waals surface area contributed by atoms with E-state index in [1.807, 2.05) is 0 Å². The molecular weight excluding hydrogens is 212 g/mol. The van der Waals surface area contributed by atoms with Crippen molar-refractivity contribution >= 4 is 11.8 Å². The Morgan fingerprint density at radius 3 is 2.75 bits per heavy atom. The maximum atomic E-state index is 11.5. The summed E-state index contributed by atoms with van der Waals surface area (Å²) in [6.45, 7) is 1.28. The number of aromatic hydroxyl groups is 1. The summed E-state index contributed by atoms with van der Waals surface area (Å²) in [5, 5.41) is 9.14. The highest BCUT2D eigenvalue weighted by Crippen LogP contribution is 2.15. The number of nitrogens with one attached hydrogen (secondary N) is 1. The first kappa shape index (κ1) is 12.0. The molecule has 6 nitrogen and oxygen atoms in total. The maximum absolute atomic E-state index is 11.5. The molecule has 0 aliphatic rings. The number of benzene rings is 1. The molecule has 0 saturated carbocycles. The van der Waals surface area contributed by atoms with Crippen LogP contribution in [0.2, 0.25) is 0 Å². The van der Waals surface area contributed by atoms with Crippen LogP contribution in [0.25, 0.3) is 0 Å². The number of nitrogens with two attached hydrogens (primary N) is 1. The monoisotopic (exact) mass is 224 g/mol. The predicted octanol–water partition coefficient (Wildman–Crippen LogP) is -0.153. The summed E-state index contributed by atoms with van der Waals surface area (Å²) in [4.78, 5) is 26.4. The minimum absolute atomic E-state index is 0.0760. The predicted molar refractivity (Wildman–Crippen MR) is 55.5 cm³/mol. The molecule has 0 unspecified atom stereocenters. The fourth-order valence-corrected chi connectivity index (χ4v) is 1.13. The van der Waals surface area contributed by atoms with Gasteiger partial charge in [-0.05, 0) is 30.7 Å². The van der Waals surface area contributed by atoms with Crippen molar-refractivity contribution in [2.45, 2.75) is 6.92 Å². The summed E-state index contributed by atoms with van der Waals surface area (Å²) in [6, 6.07) is 4.28. The number of hydroxylamine groups is 1. The highest BCUT2D eigenvalue weighted by atomic mass is 16.7. The van der Waals surface area contributed by atoms with Crippen molar-refractivity contribution in [1.29, 1.82) is 0 Å². The number of hydrogen-bond acceptors (Lipinski definition) is 4. The lowest BCUT2D eigenvalue weighted by atomic mass is 10.1. The van der Waals surface area contributed by atoms with Crippen LogP contribution >= 0.6 is 0 Å². The smallest absolute Gasteiger partial charge is 0.275 e. The summed E-state index contributed by atoms with van der Waals surface area (Å²) in [5.41, 5.74) is 7.83. The Balaban J connectivity index is 2.63. The first-order valence-corrected chi connectivity index (χ1v) is 4.50. The number of phenolic OH excluding ortho intramolecular Hbond substituents is 1. The van der Waals surface area contributed by atoms with E-state index in [-0.39, 0.29) is 12.4 Å². The summed E-state index contributed by atoms with van der Waals surface area (Å²) in [6.07, 6.45) is 0. The second-order valence-corrected chi connectivity index (χ2v) is 3.19. The van der Waals surface area contributed by atoms with Gasteiger partial charge in [0.05, 0.1) is 0 Å². The molecule has 0 fully saturated rings. The molecule has 16 heavy (non-hydrogen) atoms. The molecule has 0 bridgehead atoms. The summed E-state index contributed by atoms with van der Waals surface area (Å²) < 4.78 is 0. The van der Waals surface area contributed by atoms with Crippen LogP contribution in [0.3, 0.4) is 0 Å². The summed E-state index contributed by atoms with van der Waals surface area (Å²) >= 11 is 0. The van der Waals surface area contributed by atoms with E-state index in [0.717, 1.165) is 0 Å². The van der Waals surface area contributed by atoms with Crippen LogP contribution in [0.4, 0.5) is 0 Å². The van der Waals surface area contributed by atoms with Crippen molar-refractivity contribution in [3.8, 4) is 5.75 Å². The zero-order chi connectivity index (χ0) is 12.1. The molecule has 1 aromatic rings. The molecule has 2 amide bonds. The third-order valence-corrected chi connectivity index (χ3v) is 1.83. The molecule has 0 aliphatic heterocycles. The lowest BCUT2D eigenvalue weighted by Gasteiger charge is -2.06. The van der Waals surface area contributed by atoms with E-state index >= 15 is 0 Å². The van der Waals surface area contributed by atoms with E-state index in [9.17, 15) is 9.59 Å². The second kappa shape index (κ2) is 5.13. The lowest BCUT2D eigenvalue weighted by molar-refractivity contribution is -0.124. The number of carbonyl (C=O) groups excluding carboxylic acids is 2. The van der Waals surface area contributed by atoms with Gasteiger partial charge in [-0.2, -0.15) is 0 Å². The van der Waals surface area contributed by atoms with Gasteiger partial charge in [0.1, 0.15) is 5.75 Å². The normalized spacial score (nSPS) is 9.81. The van der Waals surface area contributed by atoms with Gasteiger partial charge in [0, 0.05) is 5.56 Å². The Labute approximate surface area is 92.0 Å². The largest absolute Gasteiger partial charge is 0.508 e. The summed E-state index contributed by atoms with van der Waals surface area (Å²) in [7, 11) is 0. The van der Waals surface area contributed by atoms with Crippen LogP contribution in [-0.2, 0) is 9.63 Å². The fourth-order valence-electron chi connectivity index (χ4n) is 1.13. The minimum Gasteiger partial charge on any atom is -0.508 e. The van der Waals surface area contributed by atoms with E-state index < -0.39 is 11.8 Å². The van der Waals surface area contributed by atoms with Gasteiger partial charge in [-0.1, -0.05) is 0 Å². The van der Waals surface area contributed by atoms with Crippen LogP contribution in [0.5, 0.6) is 5.75 Å². The Morgan fingerprint density at radius 1 is 1.50 bits per heavy atom. The molecule has 0 spiro atoms. The highest BCUT2D eigenvalue weighted by molar-refractivity contribution is 5.95. The molecular formula is C10H12N2O4. The Morgan fingerprint density at radius 2 is 2.19 bits per heavy atom. The lowest BCUT2D eigenvalue weighted by Crippen LogP contribution is -2.29. The maximum Gasteiger partial charge on any atom is 0.275 e. The Hall–Kier alpha value is -2.08. The standard InChI is InChI=1S/C10H12N2O4/c1-6-4-7(13)2-3-8(6)10(15)12-16-5-9(11)14/h2-4,13H,5H2,1H3,(H2,11,14)(H,12,15). The molecule has 0 saturated heterocycles. The molecule has 1 rings (SSSR count). The van der Waals surface area contributed by atoms with Crippen LogP contribution in [0, 0.1) is 6.92 Å². The van der Waals surface area contributed by atoms with Gasteiger partial charge in [0.2, 0.25) is 5.91 Å². The number of amides is 2. The van der Waals surface area contributed by atoms with Gasteiger partial charge in [-0.25, -0.2) is 5.48 Å². The molecule has 0 atom stereocenters. The van der Waals surface area contributed by atoms with E-state index in [2.05, 4.69) is 10.3 Å². The van der Waals surface area contributed by atoms with E-state index in [4.69, 9.17) is 10.8 Å². The highest BCUT2D eigenvalue weighted by Gasteiger charge is 2.09. The van der Waals surface area contributed by atoms with E-state index in [1.165, 1.54) is 18.2 Å². The number of carbonyl (C=O) groups is 2. The fraction of sp³-hybridized carbons (Fsp3) is 0.200. The number of hydrogen-bond donors (Lipinski definition) is 3. The first-order valence-electron chi connectivity index (χ1n) is 4.50. The molecule has 0 radical (unpaired) electrons. The van der Waals surface area contributed by atoms with E-state index in [1.54, 1.807) is 6.92 Å².